The Morgan fingerprint density at radius 1 is 1.35 bits per heavy atom. The van der Waals surface area contributed by atoms with Gasteiger partial charge >= 0.3 is 5.97 Å². The van der Waals surface area contributed by atoms with Gasteiger partial charge in [0, 0.05) is 0 Å². The molecule has 1 aromatic carbocycles. The molecule has 1 unspecified atom stereocenters. The van der Waals surface area contributed by atoms with Gasteiger partial charge in [0.25, 0.3) is 0 Å². The molecule has 1 atom stereocenters. The maximum absolute atomic E-state index is 11.9. The van der Waals surface area contributed by atoms with E-state index in [4.69, 9.17) is 15.9 Å². The van der Waals surface area contributed by atoms with Crippen molar-refractivity contribution < 1.29 is 14.3 Å². The molecule has 0 bridgehead atoms. The van der Waals surface area contributed by atoms with E-state index < -0.39 is 6.04 Å². The molecule has 0 fully saturated rings. The summed E-state index contributed by atoms with van der Waals surface area (Å²) in [6.45, 7) is 6.33. The second-order valence-corrected chi connectivity index (χ2v) is 4.51. The Bertz CT molecular complexity index is 460. The summed E-state index contributed by atoms with van der Waals surface area (Å²) < 4.78 is 10.6. The third-order valence-corrected chi connectivity index (χ3v) is 2.52. The number of carbonyl (C=O) groups excluding carboxylic acids is 1. The number of esters is 1. The molecule has 0 spiro atoms. The Morgan fingerprint density at radius 2 is 2.00 bits per heavy atom. The highest BCUT2D eigenvalue weighted by Crippen LogP contribution is 2.20. The Balaban J connectivity index is 2.84. The maximum atomic E-state index is 11.9. The van der Waals surface area contributed by atoms with Crippen molar-refractivity contribution >= 4 is 5.97 Å². The molecule has 0 aliphatic carbocycles. The van der Waals surface area contributed by atoms with Crippen LogP contribution >= 0.6 is 0 Å². The zero-order chi connectivity index (χ0) is 15.0. The van der Waals surface area contributed by atoms with Gasteiger partial charge in [-0.3, -0.25) is 5.32 Å². The summed E-state index contributed by atoms with van der Waals surface area (Å²) in [6, 6.07) is 6.78. The van der Waals surface area contributed by atoms with E-state index in [0.29, 0.717) is 13.2 Å². The van der Waals surface area contributed by atoms with Gasteiger partial charge in [0.2, 0.25) is 0 Å². The molecule has 0 aromatic heterocycles. The van der Waals surface area contributed by atoms with Gasteiger partial charge in [0.15, 0.2) is 0 Å². The molecule has 4 nitrogen and oxygen atoms in total. The molecular formula is C16H21NO3. The highest BCUT2D eigenvalue weighted by atomic mass is 16.5. The number of hydrogen-bond donors (Lipinski definition) is 1. The second kappa shape index (κ2) is 8.23. The smallest absolute Gasteiger partial charge is 0.327 e. The van der Waals surface area contributed by atoms with Crippen LogP contribution < -0.4 is 10.1 Å². The molecule has 0 heterocycles. The van der Waals surface area contributed by atoms with Crippen molar-refractivity contribution in [1.29, 1.82) is 0 Å². The molecule has 0 aliphatic heterocycles. The summed E-state index contributed by atoms with van der Waals surface area (Å²) >= 11 is 0. The van der Waals surface area contributed by atoms with Crippen molar-refractivity contribution in [1.82, 2.24) is 5.32 Å². The standard InChI is InChI=1S/C16H21NO3/c1-5-11-17-15(16(18)19-6-2)13-7-9-14(10-8-13)20-12(3)4/h1,7-10,12,15,17H,6,11H2,2-4H3. The Kier molecular flexibility index (Phi) is 6.61. The molecule has 20 heavy (non-hydrogen) atoms. The number of rotatable bonds is 7. The van der Waals surface area contributed by atoms with Crippen LogP contribution in [0.25, 0.3) is 0 Å². The summed E-state index contributed by atoms with van der Waals surface area (Å²) in [4.78, 5) is 11.9. The van der Waals surface area contributed by atoms with E-state index in [-0.39, 0.29) is 12.1 Å². The minimum absolute atomic E-state index is 0.112. The fraction of sp³-hybridized carbons (Fsp3) is 0.438. The van der Waals surface area contributed by atoms with Gasteiger partial charge in [-0.2, -0.15) is 0 Å². The van der Waals surface area contributed by atoms with Crippen molar-refractivity contribution in [2.24, 2.45) is 0 Å². The quantitative estimate of drug-likeness (QED) is 0.613. The van der Waals surface area contributed by atoms with Gasteiger partial charge in [-0.05, 0) is 38.5 Å². The van der Waals surface area contributed by atoms with Gasteiger partial charge in [0.05, 0.1) is 19.3 Å². The van der Waals surface area contributed by atoms with E-state index in [1.54, 1.807) is 6.92 Å². The molecule has 0 radical (unpaired) electrons. The molecule has 0 aliphatic rings. The van der Waals surface area contributed by atoms with Crippen LogP contribution in [0.1, 0.15) is 32.4 Å². The van der Waals surface area contributed by atoms with E-state index in [1.165, 1.54) is 0 Å². The number of nitrogens with one attached hydrogen (secondary N) is 1. The zero-order valence-corrected chi connectivity index (χ0v) is 12.2. The van der Waals surface area contributed by atoms with Crippen LogP contribution in [0.3, 0.4) is 0 Å². The number of hydrogen-bond acceptors (Lipinski definition) is 4. The zero-order valence-electron chi connectivity index (χ0n) is 12.2. The van der Waals surface area contributed by atoms with Gasteiger partial charge in [-0.15, -0.1) is 6.42 Å². The number of carbonyl (C=O) groups is 1. The lowest BCUT2D eigenvalue weighted by Crippen LogP contribution is -2.30. The SMILES string of the molecule is C#CCNC(C(=O)OCC)c1ccc(OC(C)C)cc1. The minimum Gasteiger partial charge on any atom is -0.491 e. The van der Waals surface area contributed by atoms with E-state index in [2.05, 4.69) is 11.2 Å². The average Bonchev–Trinajstić information content (AvgIpc) is 2.40. The summed E-state index contributed by atoms with van der Waals surface area (Å²) in [6.07, 6.45) is 5.34. The van der Waals surface area contributed by atoms with Crippen molar-refractivity contribution in [2.45, 2.75) is 32.9 Å². The Morgan fingerprint density at radius 3 is 2.50 bits per heavy atom. The first-order valence-corrected chi connectivity index (χ1v) is 6.68. The fourth-order valence-corrected chi connectivity index (χ4v) is 1.73. The van der Waals surface area contributed by atoms with Crippen molar-refractivity contribution in [3.05, 3.63) is 29.8 Å². The van der Waals surface area contributed by atoms with Crippen LogP contribution in [0.15, 0.2) is 24.3 Å². The lowest BCUT2D eigenvalue weighted by molar-refractivity contribution is -0.145. The number of benzene rings is 1. The highest BCUT2D eigenvalue weighted by molar-refractivity contribution is 5.77. The molecule has 1 N–H and O–H groups in total. The summed E-state index contributed by atoms with van der Waals surface area (Å²) in [5.41, 5.74) is 0.801. The average molecular weight is 275 g/mol. The third-order valence-electron chi connectivity index (χ3n) is 2.52. The van der Waals surface area contributed by atoms with Gasteiger partial charge in [0.1, 0.15) is 11.8 Å². The predicted octanol–water partition coefficient (Wildman–Crippen LogP) is 2.30. The summed E-state index contributed by atoms with van der Waals surface area (Å²) in [5.74, 6) is 2.89. The molecule has 1 aromatic rings. The Labute approximate surface area is 120 Å². The van der Waals surface area contributed by atoms with Crippen LogP contribution in [0.2, 0.25) is 0 Å². The van der Waals surface area contributed by atoms with Crippen molar-refractivity contribution in [3.8, 4) is 18.1 Å². The van der Waals surface area contributed by atoms with E-state index in [0.717, 1.165) is 11.3 Å². The van der Waals surface area contributed by atoms with Crippen LogP contribution in [-0.2, 0) is 9.53 Å². The Hall–Kier alpha value is -1.99. The first kappa shape index (κ1) is 16.1. The van der Waals surface area contributed by atoms with Crippen molar-refractivity contribution in [2.75, 3.05) is 13.2 Å². The molecule has 0 amide bonds. The first-order chi connectivity index (χ1) is 9.58. The van der Waals surface area contributed by atoms with Crippen LogP contribution in [0, 0.1) is 12.3 Å². The number of terminal acetylenes is 1. The molecular weight excluding hydrogens is 254 g/mol. The van der Waals surface area contributed by atoms with Crippen LogP contribution in [-0.4, -0.2) is 25.2 Å². The van der Waals surface area contributed by atoms with Gasteiger partial charge in [-0.1, -0.05) is 18.1 Å². The third kappa shape index (κ3) is 4.94. The largest absolute Gasteiger partial charge is 0.491 e. The monoisotopic (exact) mass is 275 g/mol. The topological polar surface area (TPSA) is 47.6 Å². The van der Waals surface area contributed by atoms with Crippen molar-refractivity contribution in [3.63, 3.8) is 0 Å². The number of ether oxygens (including phenoxy) is 2. The molecule has 1 rings (SSSR count). The maximum Gasteiger partial charge on any atom is 0.327 e. The molecule has 0 saturated carbocycles. The highest BCUT2D eigenvalue weighted by Gasteiger charge is 2.20. The van der Waals surface area contributed by atoms with Crippen LogP contribution in [0.5, 0.6) is 5.75 Å². The predicted molar refractivity (Wildman–Crippen MR) is 78.4 cm³/mol. The minimum atomic E-state index is -0.556. The molecule has 4 heteroatoms. The summed E-state index contributed by atoms with van der Waals surface area (Å²) in [5, 5.41) is 2.98. The molecule has 108 valence electrons. The lowest BCUT2D eigenvalue weighted by atomic mass is 10.1. The van der Waals surface area contributed by atoms with E-state index in [9.17, 15) is 4.79 Å². The molecule has 0 saturated heterocycles. The second-order valence-electron chi connectivity index (χ2n) is 4.51. The van der Waals surface area contributed by atoms with Gasteiger partial charge < -0.3 is 9.47 Å². The first-order valence-electron chi connectivity index (χ1n) is 6.68. The summed E-state index contributed by atoms with van der Waals surface area (Å²) in [7, 11) is 0. The fourth-order valence-electron chi connectivity index (χ4n) is 1.73. The van der Waals surface area contributed by atoms with Gasteiger partial charge in [-0.25, -0.2) is 4.79 Å². The van der Waals surface area contributed by atoms with E-state index >= 15 is 0 Å². The lowest BCUT2D eigenvalue weighted by Gasteiger charge is -2.17. The van der Waals surface area contributed by atoms with Crippen LogP contribution in [0.4, 0.5) is 0 Å². The van der Waals surface area contributed by atoms with E-state index in [1.807, 2.05) is 38.1 Å². The normalized spacial score (nSPS) is 11.8.